The number of nitro groups is 1. The van der Waals surface area contributed by atoms with Crippen molar-refractivity contribution in [3.8, 4) is 5.75 Å². The van der Waals surface area contributed by atoms with Crippen LogP contribution in [0.4, 0.5) is 10.1 Å². The summed E-state index contributed by atoms with van der Waals surface area (Å²) in [7, 11) is 0. The number of benzene rings is 2. The summed E-state index contributed by atoms with van der Waals surface area (Å²) in [6.07, 6.45) is 2.70. The highest BCUT2D eigenvalue weighted by Crippen LogP contribution is 2.22. The van der Waals surface area contributed by atoms with Crippen molar-refractivity contribution in [2.75, 3.05) is 0 Å². The quantitative estimate of drug-likeness (QED) is 0.470. The molecule has 0 radical (unpaired) electrons. The summed E-state index contributed by atoms with van der Waals surface area (Å²) in [5.74, 6) is -0.0838. The van der Waals surface area contributed by atoms with E-state index in [9.17, 15) is 24.1 Å². The first-order chi connectivity index (χ1) is 13.8. The van der Waals surface area contributed by atoms with Crippen molar-refractivity contribution < 1.29 is 14.1 Å². The van der Waals surface area contributed by atoms with E-state index >= 15 is 0 Å². The highest BCUT2D eigenvalue weighted by atomic mass is 35.5. The van der Waals surface area contributed by atoms with Gasteiger partial charge in [-0.2, -0.15) is 0 Å². The predicted octanol–water partition coefficient (Wildman–Crippen LogP) is 3.51. The van der Waals surface area contributed by atoms with Crippen molar-refractivity contribution >= 4 is 29.4 Å². The lowest BCUT2D eigenvalue weighted by Crippen LogP contribution is -2.25. The molecule has 0 fully saturated rings. The highest BCUT2D eigenvalue weighted by molar-refractivity contribution is 6.31. The third-order valence-corrected chi connectivity index (χ3v) is 4.23. The van der Waals surface area contributed by atoms with Crippen LogP contribution in [-0.2, 0) is 6.61 Å². The van der Waals surface area contributed by atoms with Gasteiger partial charge in [-0.05, 0) is 35.9 Å². The molecule has 0 spiro atoms. The SMILES string of the molecule is O=c1[nH]c(/C=C/c2cccc(OCc3c(F)cccc3Cl)c2)c([N+](=O)[O-])c(=O)[nH]1. The Bertz CT molecular complexity index is 1200. The minimum Gasteiger partial charge on any atom is -0.489 e. The maximum atomic E-state index is 13.8. The fraction of sp³-hybridized carbons (Fsp3) is 0.0526. The molecule has 0 bridgehead atoms. The highest BCUT2D eigenvalue weighted by Gasteiger charge is 2.18. The van der Waals surface area contributed by atoms with Gasteiger partial charge in [-0.1, -0.05) is 35.9 Å². The van der Waals surface area contributed by atoms with Gasteiger partial charge in [0.2, 0.25) is 0 Å². The van der Waals surface area contributed by atoms with Gasteiger partial charge in [-0.15, -0.1) is 0 Å². The topological polar surface area (TPSA) is 118 Å². The standard InChI is InChI=1S/C19H13ClFN3O5/c20-14-5-2-6-15(21)13(14)10-29-12-4-1-3-11(9-12)7-8-16-17(24(27)28)18(25)23-19(26)22-16/h1-9H,10H2,(H2,22,23,25,26)/b8-7+. The van der Waals surface area contributed by atoms with Crippen molar-refractivity contribution in [1.82, 2.24) is 9.97 Å². The van der Waals surface area contributed by atoms with Gasteiger partial charge in [0.05, 0.1) is 9.95 Å². The van der Waals surface area contributed by atoms with Crippen LogP contribution in [0.5, 0.6) is 5.75 Å². The zero-order chi connectivity index (χ0) is 21.0. The normalized spacial score (nSPS) is 11.0. The van der Waals surface area contributed by atoms with Crippen LogP contribution in [0.3, 0.4) is 0 Å². The molecule has 148 valence electrons. The zero-order valence-corrected chi connectivity index (χ0v) is 15.4. The third kappa shape index (κ3) is 4.77. The number of hydrogen-bond donors (Lipinski definition) is 2. The summed E-state index contributed by atoms with van der Waals surface area (Å²) in [5, 5.41) is 11.3. The van der Waals surface area contributed by atoms with E-state index in [1.54, 1.807) is 35.3 Å². The molecule has 10 heteroatoms. The molecule has 0 saturated heterocycles. The second kappa shape index (κ2) is 8.53. The number of rotatable bonds is 6. The lowest BCUT2D eigenvalue weighted by molar-refractivity contribution is -0.386. The van der Waals surface area contributed by atoms with E-state index in [0.29, 0.717) is 11.3 Å². The molecule has 1 heterocycles. The lowest BCUT2D eigenvalue weighted by atomic mass is 10.1. The Morgan fingerprint density at radius 3 is 2.62 bits per heavy atom. The van der Waals surface area contributed by atoms with Crippen molar-refractivity contribution in [1.29, 1.82) is 0 Å². The van der Waals surface area contributed by atoms with E-state index in [2.05, 4.69) is 4.98 Å². The second-order valence-corrected chi connectivity index (χ2v) is 6.23. The molecule has 0 atom stereocenters. The molecule has 0 amide bonds. The Labute approximate surface area is 167 Å². The van der Waals surface area contributed by atoms with Crippen LogP contribution in [0.15, 0.2) is 52.1 Å². The maximum Gasteiger partial charge on any atom is 0.357 e. The summed E-state index contributed by atoms with van der Waals surface area (Å²) in [6.45, 7) is -0.0917. The molecule has 8 nitrogen and oxygen atoms in total. The molecule has 0 saturated carbocycles. The average molecular weight is 418 g/mol. The smallest absolute Gasteiger partial charge is 0.357 e. The first-order valence-electron chi connectivity index (χ1n) is 8.20. The molecule has 0 aliphatic carbocycles. The number of nitrogens with one attached hydrogen (secondary N) is 2. The van der Waals surface area contributed by atoms with E-state index in [1.165, 1.54) is 24.3 Å². The van der Waals surface area contributed by atoms with Gasteiger partial charge in [-0.3, -0.25) is 19.9 Å². The largest absolute Gasteiger partial charge is 0.489 e. The predicted molar refractivity (Wildman–Crippen MR) is 105 cm³/mol. The molecular formula is C19H13ClFN3O5. The third-order valence-electron chi connectivity index (χ3n) is 3.87. The van der Waals surface area contributed by atoms with Gasteiger partial charge < -0.3 is 9.72 Å². The van der Waals surface area contributed by atoms with E-state index in [4.69, 9.17) is 16.3 Å². The van der Waals surface area contributed by atoms with Crippen LogP contribution >= 0.6 is 11.6 Å². The summed E-state index contributed by atoms with van der Waals surface area (Å²) >= 11 is 5.97. The van der Waals surface area contributed by atoms with Gasteiger partial charge >= 0.3 is 16.9 Å². The second-order valence-electron chi connectivity index (χ2n) is 5.82. The first kappa shape index (κ1) is 20.0. The van der Waals surface area contributed by atoms with Crippen LogP contribution in [0.1, 0.15) is 16.8 Å². The molecule has 0 aliphatic rings. The van der Waals surface area contributed by atoms with Crippen LogP contribution < -0.4 is 16.0 Å². The number of ether oxygens (including phenoxy) is 1. The Morgan fingerprint density at radius 1 is 1.14 bits per heavy atom. The number of halogens is 2. The lowest BCUT2D eigenvalue weighted by Gasteiger charge is -2.09. The zero-order valence-electron chi connectivity index (χ0n) is 14.6. The number of aromatic amines is 2. The van der Waals surface area contributed by atoms with Gasteiger partial charge in [0, 0.05) is 5.56 Å². The number of aromatic nitrogens is 2. The molecule has 1 aromatic heterocycles. The fourth-order valence-corrected chi connectivity index (χ4v) is 2.73. The Morgan fingerprint density at radius 2 is 1.90 bits per heavy atom. The van der Waals surface area contributed by atoms with Gasteiger partial charge in [0.25, 0.3) is 0 Å². The van der Waals surface area contributed by atoms with E-state index < -0.39 is 27.7 Å². The van der Waals surface area contributed by atoms with Crippen LogP contribution in [-0.4, -0.2) is 14.9 Å². The average Bonchev–Trinajstić information content (AvgIpc) is 2.65. The first-order valence-corrected chi connectivity index (χ1v) is 8.58. The molecular weight excluding hydrogens is 405 g/mol. The molecule has 2 N–H and O–H groups in total. The van der Waals surface area contributed by atoms with Crippen molar-refractivity contribution in [3.63, 3.8) is 0 Å². The molecule has 3 aromatic rings. The van der Waals surface area contributed by atoms with E-state index in [1.807, 2.05) is 0 Å². The van der Waals surface area contributed by atoms with E-state index in [-0.39, 0.29) is 22.9 Å². The monoisotopic (exact) mass is 417 g/mol. The van der Waals surface area contributed by atoms with Crippen molar-refractivity contribution in [2.24, 2.45) is 0 Å². The molecule has 3 rings (SSSR count). The fourth-order valence-electron chi connectivity index (χ4n) is 2.51. The Hall–Kier alpha value is -3.72. The summed E-state index contributed by atoms with van der Waals surface area (Å²) in [5.41, 5.74) is -2.20. The Balaban J connectivity index is 1.83. The molecule has 0 aliphatic heterocycles. The minimum absolute atomic E-state index is 0.0917. The summed E-state index contributed by atoms with van der Waals surface area (Å²) < 4.78 is 19.4. The van der Waals surface area contributed by atoms with Crippen LogP contribution in [0.2, 0.25) is 5.02 Å². The van der Waals surface area contributed by atoms with Gasteiger partial charge in [-0.25, -0.2) is 9.18 Å². The number of H-pyrrole nitrogens is 2. The van der Waals surface area contributed by atoms with Crippen molar-refractivity contribution in [2.45, 2.75) is 6.61 Å². The molecule has 29 heavy (non-hydrogen) atoms. The maximum absolute atomic E-state index is 13.8. The van der Waals surface area contributed by atoms with Crippen molar-refractivity contribution in [3.05, 3.63) is 101 Å². The van der Waals surface area contributed by atoms with Gasteiger partial charge in [0.15, 0.2) is 0 Å². The van der Waals surface area contributed by atoms with Crippen LogP contribution in [0.25, 0.3) is 12.2 Å². The van der Waals surface area contributed by atoms with Crippen LogP contribution in [0, 0.1) is 15.9 Å². The summed E-state index contributed by atoms with van der Waals surface area (Å²) in [6, 6.07) is 10.9. The number of nitrogens with zero attached hydrogens (tertiary/aromatic N) is 1. The molecule has 2 aromatic carbocycles. The Kier molecular flexibility index (Phi) is 5.89. The minimum atomic E-state index is -1.10. The van der Waals surface area contributed by atoms with Gasteiger partial charge in [0.1, 0.15) is 23.9 Å². The molecule has 0 unspecified atom stereocenters. The van der Waals surface area contributed by atoms with E-state index in [0.717, 1.165) is 0 Å². The number of hydrogen-bond acceptors (Lipinski definition) is 5. The summed E-state index contributed by atoms with van der Waals surface area (Å²) in [4.78, 5) is 37.2.